The van der Waals surface area contributed by atoms with Gasteiger partial charge in [0.25, 0.3) is 10.0 Å². The molecule has 4 rings (SSSR count). The van der Waals surface area contributed by atoms with E-state index in [1.165, 1.54) is 24.3 Å². The van der Waals surface area contributed by atoms with E-state index in [4.69, 9.17) is 4.74 Å². The second kappa shape index (κ2) is 8.67. The van der Waals surface area contributed by atoms with E-state index in [1.807, 2.05) is 0 Å². The molecule has 0 atom stereocenters. The van der Waals surface area contributed by atoms with Gasteiger partial charge < -0.3 is 10.1 Å². The number of sulfonamides is 1. The van der Waals surface area contributed by atoms with Crippen molar-refractivity contribution in [3.8, 4) is 11.1 Å². The number of anilines is 2. The van der Waals surface area contributed by atoms with E-state index in [1.54, 1.807) is 44.2 Å². The van der Waals surface area contributed by atoms with Crippen LogP contribution in [0, 0.1) is 12.7 Å². The third-order valence-corrected chi connectivity index (χ3v) is 7.10. The molecule has 0 saturated heterocycles. The minimum atomic E-state index is -4.06. The number of carbonyl (C=O) groups excluding carboxylic acids is 2. The SMILES string of the molecule is CCOC(=O)c1ccc(C)c(NC(=O)CN2c3ccc(F)cc3-c3ccccc3S2(=O)=O)c1. The fraction of sp³-hybridized carbons (Fsp3) is 0.167. The number of carbonyl (C=O) groups is 2. The molecular weight excluding hydrogens is 447 g/mol. The number of nitrogens with zero attached hydrogens (tertiary/aromatic N) is 1. The molecular formula is C24H21FN2O5S. The fourth-order valence-electron chi connectivity index (χ4n) is 3.69. The van der Waals surface area contributed by atoms with Gasteiger partial charge in [-0.3, -0.25) is 9.10 Å². The molecule has 0 saturated carbocycles. The smallest absolute Gasteiger partial charge is 0.338 e. The van der Waals surface area contributed by atoms with Crippen LogP contribution in [0.3, 0.4) is 0 Å². The third-order valence-electron chi connectivity index (χ3n) is 5.28. The first kappa shape index (κ1) is 22.5. The van der Waals surface area contributed by atoms with Gasteiger partial charge in [0.2, 0.25) is 5.91 Å². The average Bonchev–Trinajstić information content (AvgIpc) is 2.78. The molecule has 1 aliphatic heterocycles. The van der Waals surface area contributed by atoms with Crippen molar-refractivity contribution in [3.05, 3.63) is 77.6 Å². The highest BCUT2D eigenvalue weighted by Crippen LogP contribution is 2.43. The van der Waals surface area contributed by atoms with Gasteiger partial charge in [0, 0.05) is 16.8 Å². The number of hydrogen-bond acceptors (Lipinski definition) is 5. The van der Waals surface area contributed by atoms with Crippen molar-refractivity contribution in [2.45, 2.75) is 18.7 Å². The Kier molecular flexibility index (Phi) is 5.90. The summed E-state index contributed by atoms with van der Waals surface area (Å²) in [5.74, 6) is -1.66. The maximum absolute atomic E-state index is 14.0. The zero-order valence-electron chi connectivity index (χ0n) is 18.0. The van der Waals surface area contributed by atoms with Crippen LogP contribution in [-0.2, 0) is 19.6 Å². The number of fused-ring (bicyclic) bond motifs is 3. The lowest BCUT2D eigenvalue weighted by Crippen LogP contribution is -2.40. The zero-order chi connectivity index (χ0) is 23.8. The van der Waals surface area contributed by atoms with Gasteiger partial charge >= 0.3 is 5.97 Å². The summed E-state index contributed by atoms with van der Waals surface area (Å²) in [6.45, 7) is 3.12. The molecule has 3 aromatic carbocycles. The molecule has 0 bridgehead atoms. The molecule has 0 fully saturated rings. The molecule has 170 valence electrons. The molecule has 1 aliphatic rings. The fourth-order valence-corrected chi connectivity index (χ4v) is 5.34. The summed E-state index contributed by atoms with van der Waals surface area (Å²) in [4.78, 5) is 24.9. The Labute approximate surface area is 190 Å². The summed E-state index contributed by atoms with van der Waals surface area (Å²) in [6.07, 6.45) is 0. The number of ether oxygens (including phenoxy) is 1. The lowest BCUT2D eigenvalue weighted by atomic mass is 10.0. The van der Waals surface area contributed by atoms with Gasteiger partial charge in [-0.05, 0) is 55.8 Å². The van der Waals surface area contributed by atoms with Crippen LogP contribution in [-0.4, -0.2) is 33.4 Å². The Bertz CT molecular complexity index is 1370. The maximum atomic E-state index is 14.0. The molecule has 0 aliphatic carbocycles. The van der Waals surface area contributed by atoms with Crippen molar-refractivity contribution < 1.29 is 27.1 Å². The Hall–Kier alpha value is -3.72. The first-order valence-corrected chi connectivity index (χ1v) is 11.7. The molecule has 0 unspecified atom stereocenters. The Morgan fingerprint density at radius 2 is 1.79 bits per heavy atom. The molecule has 33 heavy (non-hydrogen) atoms. The van der Waals surface area contributed by atoms with E-state index in [9.17, 15) is 22.4 Å². The van der Waals surface area contributed by atoms with E-state index in [2.05, 4.69) is 5.32 Å². The van der Waals surface area contributed by atoms with Gasteiger partial charge in [0.05, 0.1) is 22.8 Å². The molecule has 1 amide bonds. The van der Waals surface area contributed by atoms with Crippen LogP contribution < -0.4 is 9.62 Å². The van der Waals surface area contributed by atoms with Crippen LogP contribution in [0.1, 0.15) is 22.8 Å². The number of nitrogens with one attached hydrogen (secondary N) is 1. The number of esters is 1. The van der Waals surface area contributed by atoms with Crippen molar-refractivity contribution in [2.75, 3.05) is 22.8 Å². The minimum Gasteiger partial charge on any atom is -0.462 e. The second-order valence-electron chi connectivity index (χ2n) is 7.47. The molecule has 3 aromatic rings. The number of benzene rings is 3. The molecule has 0 radical (unpaired) electrons. The van der Waals surface area contributed by atoms with Crippen molar-refractivity contribution in [2.24, 2.45) is 0 Å². The lowest BCUT2D eigenvalue weighted by Gasteiger charge is -2.31. The number of amides is 1. The second-order valence-corrected chi connectivity index (χ2v) is 9.30. The van der Waals surface area contributed by atoms with E-state index >= 15 is 0 Å². The summed E-state index contributed by atoms with van der Waals surface area (Å²) >= 11 is 0. The number of hydrogen-bond donors (Lipinski definition) is 1. The highest BCUT2D eigenvalue weighted by molar-refractivity contribution is 7.93. The van der Waals surface area contributed by atoms with Crippen LogP contribution in [0.25, 0.3) is 11.1 Å². The summed E-state index contributed by atoms with van der Waals surface area (Å²) in [5.41, 5.74) is 2.28. The van der Waals surface area contributed by atoms with E-state index in [0.29, 0.717) is 22.4 Å². The molecule has 1 N–H and O–H groups in total. The largest absolute Gasteiger partial charge is 0.462 e. The average molecular weight is 469 g/mol. The first-order chi connectivity index (χ1) is 15.7. The molecule has 9 heteroatoms. The quantitative estimate of drug-likeness (QED) is 0.569. The topological polar surface area (TPSA) is 92.8 Å². The van der Waals surface area contributed by atoms with Crippen LogP contribution in [0.5, 0.6) is 0 Å². The molecule has 7 nitrogen and oxygen atoms in total. The van der Waals surface area contributed by atoms with Crippen LogP contribution in [0.15, 0.2) is 65.6 Å². The predicted molar refractivity (Wildman–Crippen MR) is 122 cm³/mol. The van der Waals surface area contributed by atoms with Gasteiger partial charge in [-0.25, -0.2) is 17.6 Å². The van der Waals surface area contributed by atoms with E-state index in [-0.39, 0.29) is 22.8 Å². The zero-order valence-corrected chi connectivity index (χ0v) is 18.8. The number of rotatable bonds is 5. The highest BCUT2D eigenvalue weighted by atomic mass is 32.2. The normalized spacial score (nSPS) is 13.6. The summed E-state index contributed by atoms with van der Waals surface area (Å²) in [5, 5.41) is 2.67. The first-order valence-electron chi connectivity index (χ1n) is 10.2. The predicted octanol–water partition coefficient (Wildman–Crippen LogP) is 4.13. The standard InChI is InChI=1S/C24H21FN2O5S/c1-3-32-24(29)16-9-8-15(2)20(12-16)26-23(28)14-27-21-11-10-17(25)13-19(21)18-6-4-5-7-22(18)33(27,30)31/h4-13H,3,14H2,1-2H3,(H,26,28). The van der Waals surface area contributed by atoms with Crippen molar-refractivity contribution >= 4 is 33.3 Å². The minimum absolute atomic E-state index is 0.00334. The van der Waals surface area contributed by atoms with Gasteiger partial charge in [-0.2, -0.15) is 0 Å². The maximum Gasteiger partial charge on any atom is 0.338 e. The molecule has 1 heterocycles. The Balaban J connectivity index is 1.67. The number of halogens is 1. The van der Waals surface area contributed by atoms with E-state index < -0.39 is 34.3 Å². The number of aryl methyl sites for hydroxylation is 1. The van der Waals surface area contributed by atoms with Crippen molar-refractivity contribution in [3.63, 3.8) is 0 Å². The van der Waals surface area contributed by atoms with Gasteiger partial charge in [-0.1, -0.05) is 24.3 Å². The summed E-state index contributed by atoms with van der Waals surface area (Å²) in [7, 11) is -4.06. The summed E-state index contributed by atoms with van der Waals surface area (Å²) in [6, 6.07) is 14.7. The van der Waals surface area contributed by atoms with Gasteiger partial charge in [0.1, 0.15) is 12.4 Å². The highest BCUT2D eigenvalue weighted by Gasteiger charge is 2.36. The van der Waals surface area contributed by atoms with Crippen molar-refractivity contribution in [1.29, 1.82) is 0 Å². The Morgan fingerprint density at radius 1 is 1.03 bits per heavy atom. The van der Waals surface area contributed by atoms with Gasteiger partial charge in [-0.15, -0.1) is 0 Å². The van der Waals surface area contributed by atoms with Crippen molar-refractivity contribution in [1.82, 2.24) is 0 Å². The summed E-state index contributed by atoms with van der Waals surface area (Å²) < 4.78 is 46.6. The molecule has 0 aromatic heterocycles. The van der Waals surface area contributed by atoms with Crippen LogP contribution in [0.4, 0.5) is 15.8 Å². The lowest BCUT2D eigenvalue weighted by molar-refractivity contribution is -0.114. The van der Waals surface area contributed by atoms with Crippen LogP contribution >= 0.6 is 0 Å². The Morgan fingerprint density at radius 3 is 2.55 bits per heavy atom. The van der Waals surface area contributed by atoms with E-state index in [0.717, 1.165) is 10.4 Å². The van der Waals surface area contributed by atoms with Crippen LogP contribution in [0.2, 0.25) is 0 Å². The van der Waals surface area contributed by atoms with Gasteiger partial charge in [0.15, 0.2) is 0 Å². The monoisotopic (exact) mass is 468 g/mol. The molecule has 0 spiro atoms. The third kappa shape index (κ3) is 4.19.